The van der Waals surface area contributed by atoms with Crippen molar-refractivity contribution in [1.29, 1.82) is 0 Å². The van der Waals surface area contributed by atoms with E-state index in [9.17, 15) is 9.90 Å². The summed E-state index contributed by atoms with van der Waals surface area (Å²) in [5.41, 5.74) is 1.46. The van der Waals surface area contributed by atoms with Gasteiger partial charge in [-0.25, -0.2) is 0 Å². The summed E-state index contributed by atoms with van der Waals surface area (Å²) >= 11 is 0. The van der Waals surface area contributed by atoms with Gasteiger partial charge < -0.3 is 10.2 Å². The average Bonchev–Trinajstić information content (AvgIpc) is 2.31. The zero-order valence-corrected chi connectivity index (χ0v) is 12.1. The van der Waals surface area contributed by atoms with Crippen LogP contribution >= 0.6 is 0 Å². The van der Waals surface area contributed by atoms with Crippen LogP contribution < -0.4 is 0 Å². The molecule has 3 nitrogen and oxygen atoms in total. The van der Waals surface area contributed by atoms with Gasteiger partial charge in [-0.05, 0) is 29.0 Å². The molecule has 0 spiro atoms. The molecule has 3 heteroatoms. The van der Waals surface area contributed by atoms with Crippen LogP contribution in [0.3, 0.4) is 0 Å². The standard InChI is InChI=1S/C16H24O3/c1-4-5-6-9-16(2,3)13-10-12(11-15(18)19)7-8-14(13)17/h7-8,10,17H,4-6,9,11H2,1-3H3,(H,18,19). The third-order valence-electron chi connectivity index (χ3n) is 3.55. The maximum absolute atomic E-state index is 10.8. The first kappa shape index (κ1) is 15.5. The van der Waals surface area contributed by atoms with Crippen LogP contribution in [0.1, 0.15) is 57.6 Å². The lowest BCUT2D eigenvalue weighted by molar-refractivity contribution is -0.136. The minimum absolute atomic E-state index is 0.00167. The van der Waals surface area contributed by atoms with Crippen molar-refractivity contribution in [3.8, 4) is 5.75 Å². The molecule has 106 valence electrons. The van der Waals surface area contributed by atoms with Gasteiger partial charge in [0.2, 0.25) is 0 Å². The number of carboxylic acids is 1. The number of rotatable bonds is 7. The van der Waals surface area contributed by atoms with Crippen molar-refractivity contribution >= 4 is 5.97 Å². The predicted octanol–water partition coefficient (Wildman–Crippen LogP) is 3.88. The Morgan fingerprint density at radius 3 is 2.53 bits per heavy atom. The zero-order chi connectivity index (χ0) is 14.5. The van der Waals surface area contributed by atoms with Crippen molar-refractivity contribution in [2.75, 3.05) is 0 Å². The summed E-state index contributed by atoms with van der Waals surface area (Å²) in [4.78, 5) is 10.8. The van der Waals surface area contributed by atoms with Gasteiger partial charge in [-0.2, -0.15) is 0 Å². The maximum Gasteiger partial charge on any atom is 0.307 e. The zero-order valence-electron chi connectivity index (χ0n) is 12.1. The van der Waals surface area contributed by atoms with Gasteiger partial charge in [0, 0.05) is 0 Å². The number of unbranched alkanes of at least 4 members (excludes halogenated alkanes) is 2. The highest BCUT2D eigenvalue weighted by atomic mass is 16.4. The first-order valence-electron chi connectivity index (χ1n) is 6.91. The second-order valence-electron chi connectivity index (χ2n) is 5.76. The minimum Gasteiger partial charge on any atom is -0.508 e. The fraction of sp³-hybridized carbons (Fsp3) is 0.562. The van der Waals surface area contributed by atoms with Crippen LogP contribution in [0.15, 0.2) is 18.2 Å². The number of benzene rings is 1. The Kier molecular flexibility index (Phi) is 5.40. The van der Waals surface area contributed by atoms with Crippen LogP contribution in [0.25, 0.3) is 0 Å². The average molecular weight is 264 g/mol. The number of carboxylic acid groups (broad SMARTS) is 1. The number of phenolic OH excluding ortho intramolecular Hbond substituents is 1. The van der Waals surface area contributed by atoms with Gasteiger partial charge in [0.05, 0.1) is 6.42 Å². The predicted molar refractivity (Wildman–Crippen MR) is 76.6 cm³/mol. The third kappa shape index (κ3) is 4.58. The summed E-state index contributed by atoms with van der Waals surface area (Å²) in [6, 6.07) is 5.11. The lowest BCUT2D eigenvalue weighted by Crippen LogP contribution is -2.18. The molecular formula is C16H24O3. The van der Waals surface area contributed by atoms with E-state index < -0.39 is 5.97 Å². The van der Waals surface area contributed by atoms with Gasteiger partial charge >= 0.3 is 5.97 Å². The minimum atomic E-state index is -0.847. The highest BCUT2D eigenvalue weighted by molar-refractivity contribution is 5.70. The van der Waals surface area contributed by atoms with Crippen molar-refractivity contribution in [3.05, 3.63) is 29.3 Å². The number of aliphatic carboxylic acids is 1. The van der Waals surface area contributed by atoms with E-state index in [-0.39, 0.29) is 17.6 Å². The van der Waals surface area contributed by atoms with Gasteiger partial charge in [0.15, 0.2) is 0 Å². The number of phenols is 1. The normalized spacial score (nSPS) is 11.5. The Labute approximate surface area is 115 Å². The lowest BCUT2D eigenvalue weighted by atomic mass is 9.79. The molecule has 1 aromatic rings. The molecule has 0 aliphatic carbocycles. The Balaban J connectivity index is 2.93. The molecule has 0 aliphatic heterocycles. The van der Waals surface area contributed by atoms with Crippen molar-refractivity contribution in [2.45, 2.75) is 58.3 Å². The summed E-state index contributed by atoms with van der Waals surface area (Å²) in [6.45, 7) is 6.36. The quantitative estimate of drug-likeness (QED) is 0.735. The first-order valence-corrected chi connectivity index (χ1v) is 6.91. The SMILES string of the molecule is CCCCCC(C)(C)c1cc(CC(=O)O)ccc1O. The highest BCUT2D eigenvalue weighted by Crippen LogP contribution is 2.35. The molecule has 1 rings (SSSR count). The second kappa shape index (κ2) is 6.60. The van der Waals surface area contributed by atoms with E-state index in [2.05, 4.69) is 20.8 Å². The van der Waals surface area contributed by atoms with Crippen LogP contribution in [0.4, 0.5) is 0 Å². The van der Waals surface area contributed by atoms with Crippen LogP contribution in [-0.4, -0.2) is 16.2 Å². The fourth-order valence-corrected chi connectivity index (χ4v) is 2.36. The Morgan fingerprint density at radius 2 is 1.95 bits per heavy atom. The molecule has 0 aromatic heterocycles. The van der Waals surface area contributed by atoms with Crippen LogP contribution in [0.2, 0.25) is 0 Å². The van der Waals surface area contributed by atoms with E-state index in [0.717, 1.165) is 24.0 Å². The van der Waals surface area contributed by atoms with Crippen molar-refractivity contribution < 1.29 is 15.0 Å². The summed E-state index contributed by atoms with van der Waals surface area (Å²) in [5, 5.41) is 18.9. The molecule has 0 radical (unpaired) electrons. The molecule has 0 amide bonds. The Hall–Kier alpha value is -1.51. The molecule has 0 saturated carbocycles. The van der Waals surface area contributed by atoms with E-state index in [1.54, 1.807) is 12.1 Å². The highest BCUT2D eigenvalue weighted by Gasteiger charge is 2.23. The lowest BCUT2D eigenvalue weighted by Gasteiger charge is -2.26. The molecule has 0 aliphatic rings. The Bertz CT molecular complexity index is 436. The molecule has 0 saturated heterocycles. The monoisotopic (exact) mass is 264 g/mol. The smallest absolute Gasteiger partial charge is 0.307 e. The first-order chi connectivity index (χ1) is 8.86. The maximum atomic E-state index is 10.8. The van der Waals surface area contributed by atoms with E-state index in [4.69, 9.17) is 5.11 Å². The fourth-order valence-electron chi connectivity index (χ4n) is 2.36. The van der Waals surface area contributed by atoms with E-state index in [1.165, 1.54) is 12.8 Å². The van der Waals surface area contributed by atoms with Crippen molar-refractivity contribution in [3.63, 3.8) is 0 Å². The molecule has 0 heterocycles. The van der Waals surface area contributed by atoms with Crippen LogP contribution in [0, 0.1) is 0 Å². The molecule has 0 unspecified atom stereocenters. The molecule has 0 fully saturated rings. The molecule has 0 bridgehead atoms. The molecule has 0 atom stereocenters. The van der Waals surface area contributed by atoms with Crippen molar-refractivity contribution in [1.82, 2.24) is 0 Å². The largest absolute Gasteiger partial charge is 0.508 e. The summed E-state index contributed by atoms with van der Waals surface area (Å²) in [5.74, 6) is -0.587. The molecular weight excluding hydrogens is 240 g/mol. The van der Waals surface area contributed by atoms with E-state index in [1.807, 2.05) is 6.07 Å². The summed E-state index contributed by atoms with van der Waals surface area (Å²) in [7, 11) is 0. The molecule has 1 aromatic carbocycles. The van der Waals surface area contributed by atoms with Crippen LogP contribution in [-0.2, 0) is 16.6 Å². The van der Waals surface area contributed by atoms with Gasteiger partial charge in [0.25, 0.3) is 0 Å². The van der Waals surface area contributed by atoms with E-state index >= 15 is 0 Å². The van der Waals surface area contributed by atoms with Gasteiger partial charge in [-0.3, -0.25) is 4.79 Å². The summed E-state index contributed by atoms with van der Waals surface area (Å²) in [6.07, 6.45) is 4.45. The number of aromatic hydroxyl groups is 1. The van der Waals surface area contributed by atoms with Crippen LogP contribution in [0.5, 0.6) is 5.75 Å². The molecule has 2 N–H and O–H groups in total. The number of hydrogen-bond donors (Lipinski definition) is 2. The third-order valence-corrected chi connectivity index (χ3v) is 3.55. The Morgan fingerprint density at radius 1 is 1.26 bits per heavy atom. The number of hydrogen-bond acceptors (Lipinski definition) is 2. The molecule has 19 heavy (non-hydrogen) atoms. The number of carbonyl (C=O) groups is 1. The topological polar surface area (TPSA) is 57.5 Å². The second-order valence-corrected chi connectivity index (χ2v) is 5.76. The summed E-state index contributed by atoms with van der Waals surface area (Å²) < 4.78 is 0. The van der Waals surface area contributed by atoms with Crippen molar-refractivity contribution in [2.24, 2.45) is 0 Å². The van der Waals surface area contributed by atoms with Gasteiger partial charge in [-0.15, -0.1) is 0 Å². The van der Waals surface area contributed by atoms with Gasteiger partial charge in [0.1, 0.15) is 5.75 Å². The van der Waals surface area contributed by atoms with E-state index in [0.29, 0.717) is 0 Å². The van der Waals surface area contributed by atoms with Gasteiger partial charge in [-0.1, -0.05) is 52.2 Å².